The van der Waals surface area contributed by atoms with Crippen molar-refractivity contribution >= 4 is 40.1 Å². The summed E-state index contributed by atoms with van der Waals surface area (Å²) in [6.45, 7) is 3.32. The Bertz CT molecular complexity index is 1220. The van der Waals surface area contributed by atoms with Gasteiger partial charge in [-0.1, -0.05) is 12.1 Å². The number of thiophene rings is 1. The largest absolute Gasteiger partial charge is 0.494 e. The monoisotopic (exact) mass is 448 g/mol. The highest BCUT2D eigenvalue weighted by Gasteiger charge is 2.41. The zero-order valence-electron chi connectivity index (χ0n) is 17.3. The van der Waals surface area contributed by atoms with E-state index in [-0.39, 0.29) is 11.6 Å². The van der Waals surface area contributed by atoms with Crippen LogP contribution in [-0.4, -0.2) is 31.6 Å². The summed E-state index contributed by atoms with van der Waals surface area (Å²) in [5, 5.41) is 5.03. The SMILES string of the molecule is CCOc1cccc(N2C(=O)C(Nc3ccc4c(c3)OCCO4)=C(c3cccs3)C2=O)c1. The van der Waals surface area contributed by atoms with E-state index in [2.05, 4.69) is 5.32 Å². The van der Waals surface area contributed by atoms with E-state index >= 15 is 0 Å². The van der Waals surface area contributed by atoms with Gasteiger partial charge in [0.2, 0.25) is 0 Å². The second-order valence-corrected chi connectivity index (χ2v) is 8.03. The molecule has 0 atom stereocenters. The molecule has 1 aromatic heterocycles. The van der Waals surface area contributed by atoms with E-state index in [4.69, 9.17) is 14.2 Å². The molecule has 0 spiro atoms. The Hall–Kier alpha value is -3.78. The van der Waals surface area contributed by atoms with Gasteiger partial charge in [-0.25, -0.2) is 4.90 Å². The van der Waals surface area contributed by atoms with Crippen LogP contribution in [0, 0.1) is 0 Å². The van der Waals surface area contributed by atoms with Crippen molar-refractivity contribution in [3.8, 4) is 17.2 Å². The Balaban J connectivity index is 1.53. The molecule has 1 N–H and O–H groups in total. The van der Waals surface area contributed by atoms with E-state index in [0.717, 1.165) is 0 Å². The van der Waals surface area contributed by atoms with E-state index in [1.165, 1.54) is 16.2 Å². The van der Waals surface area contributed by atoms with E-state index in [1.54, 1.807) is 42.5 Å². The molecule has 162 valence electrons. The molecule has 3 heterocycles. The number of amides is 2. The summed E-state index contributed by atoms with van der Waals surface area (Å²) >= 11 is 1.40. The predicted octanol–water partition coefficient (Wildman–Crippen LogP) is 4.31. The lowest BCUT2D eigenvalue weighted by Crippen LogP contribution is -2.32. The third kappa shape index (κ3) is 3.58. The highest BCUT2D eigenvalue weighted by atomic mass is 32.1. The first kappa shape index (κ1) is 20.1. The Morgan fingerprint density at radius 1 is 1.00 bits per heavy atom. The van der Waals surface area contributed by atoms with Crippen LogP contribution in [0.5, 0.6) is 17.2 Å². The number of fused-ring (bicyclic) bond motifs is 1. The first-order valence-electron chi connectivity index (χ1n) is 10.2. The molecule has 0 unspecified atom stereocenters. The van der Waals surface area contributed by atoms with E-state index in [9.17, 15) is 9.59 Å². The van der Waals surface area contributed by atoms with Crippen molar-refractivity contribution in [2.45, 2.75) is 6.92 Å². The van der Waals surface area contributed by atoms with Crippen LogP contribution < -0.4 is 24.4 Å². The summed E-state index contributed by atoms with van der Waals surface area (Å²) in [4.78, 5) is 28.8. The maximum atomic E-state index is 13.5. The van der Waals surface area contributed by atoms with Crippen LogP contribution in [0.15, 0.2) is 65.7 Å². The van der Waals surface area contributed by atoms with E-state index in [1.807, 2.05) is 24.4 Å². The number of benzene rings is 2. The zero-order chi connectivity index (χ0) is 22.1. The van der Waals surface area contributed by atoms with Gasteiger partial charge >= 0.3 is 0 Å². The Morgan fingerprint density at radius 2 is 1.84 bits per heavy atom. The van der Waals surface area contributed by atoms with Crippen LogP contribution >= 0.6 is 11.3 Å². The van der Waals surface area contributed by atoms with Gasteiger partial charge < -0.3 is 19.5 Å². The molecule has 32 heavy (non-hydrogen) atoms. The standard InChI is InChI=1S/C24H20N2O5S/c1-2-29-17-6-3-5-16(14-17)26-23(27)21(20-7-4-12-32-20)22(24(26)28)25-15-8-9-18-19(13-15)31-11-10-30-18/h3-9,12-14,25H,2,10-11H2,1H3. The van der Waals surface area contributed by atoms with Gasteiger partial charge in [0.05, 0.1) is 17.9 Å². The summed E-state index contributed by atoms with van der Waals surface area (Å²) in [5.41, 5.74) is 1.64. The lowest BCUT2D eigenvalue weighted by molar-refractivity contribution is -0.120. The van der Waals surface area contributed by atoms with Gasteiger partial charge in [0.1, 0.15) is 24.7 Å². The number of anilines is 2. The third-order valence-corrected chi connectivity index (χ3v) is 5.94. The number of carbonyl (C=O) groups excluding carboxylic acids is 2. The fourth-order valence-corrected chi connectivity index (χ4v) is 4.44. The van der Waals surface area contributed by atoms with Crippen LogP contribution in [-0.2, 0) is 9.59 Å². The smallest absolute Gasteiger partial charge is 0.282 e. The highest BCUT2D eigenvalue weighted by molar-refractivity contribution is 7.11. The molecule has 2 aliphatic rings. The van der Waals surface area contributed by atoms with Gasteiger partial charge in [0, 0.05) is 22.7 Å². The summed E-state index contributed by atoms with van der Waals surface area (Å²) in [7, 11) is 0. The van der Waals surface area contributed by atoms with Gasteiger partial charge in [-0.2, -0.15) is 0 Å². The molecular weight excluding hydrogens is 428 g/mol. The lowest BCUT2D eigenvalue weighted by atomic mass is 10.1. The molecule has 0 saturated heterocycles. The molecule has 2 amide bonds. The van der Waals surface area contributed by atoms with Crippen LogP contribution in [0.2, 0.25) is 0 Å². The normalized spacial score (nSPS) is 15.3. The van der Waals surface area contributed by atoms with Crippen molar-refractivity contribution in [1.29, 1.82) is 0 Å². The summed E-state index contributed by atoms with van der Waals surface area (Å²) in [5.74, 6) is 1.03. The van der Waals surface area contributed by atoms with E-state index in [0.29, 0.717) is 58.9 Å². The summed E-state index contributed by atoms with van der Waals surface area (Å²) in [6.07, 6.45) is 0. The fourth-order valence-electron chi connectivity index (χ4n) is 3.67. The number of hydrogen-bond donors (Lipinski definition) is 1. The minimum absolute atomic E-state index is 0.218. The molecule has 0 fully saturated rings. The molecule has 0 radical (unpaired) electrons. The molecule has 2 aromatic carbocycles. The van der Waals surface area contributed by atoms with Crippen molar-refractivity contribution in [2.24, 2.45) is 0 Å². The average Bonchev–Trinajstić information content (AvgIpc) is 3.41. The second-order valence-electron chi connectivity index (χ2n) is 7.09. The van der Waals surface area contributed by atoms with Gasteiger partial charge in [-0.15, -0.1) is 11.3 Å². The molecule has 8 heteroatoms. The predicted molar refractivity (Wildman–Crippen MR) is 122 cm³/mol. The minimum Gasteiger partial charge on any atom is -0.494 e. The number of imide groups is 1. The molecule has 0 saturated carbocycles. The third-order valence-electron chi connectivity index (χ3n) is 5.05. The first-order chi connectivity index (χ1) is 15.7. The van der Waals surface area contributed by atoms with Gasteiger partial charge in [0.15, 0.2) is 11.5 Å². The van der Waals surface area contributed by atoms with Crippen LogP contribution in [0.4, 0.5) is 11.4 Å². The maximum Gasteiger partial charge on any atom is 0.282 e. The number of nitrogens with zero attached hydrogens (tertiary/aromatic N) is 1. The molecule has 0 bridgehead atoms. The Labute approximate surface area is 188 Å². The molecule has 3 aromatic rings. The number of rotatable bonds is 6. The molecule has 0 aliphatic carbocycles. The fraction of sp³-hybridized carbons (Fsp3) is 0.167. The van der Waals surface area contributed by atoms with E-state index < -0.39 is 5.91 Å². The second kappa shape index (κ2) is 8.39. The van der Waals surface area contributed by atoms with Crippen LogP contribution in [0.3, 0.4) is 0 Å². The van der Waals surface area contributed by atoms with Crippen molar-refractivity contribution in [1.82, 2.24) is 0 Å². The number of hydrogen-bond acceptors (Lipinski definition) is 7. The highest BCUT2D eigenvalue weighted by Crippen LogP contribution is 2.38. The number of carbonyl (C=O) groups is 2. The molecular formula is C24H20N2O5S. The minimum atomic E-state index is -0.429. The van der Waals surface area contributed by atoms with Gasteiger partial charge in [0.25, 0.3) is 11.8 Å². The van der Waals surface area contributed by atoms with Crippen molar-refractivity contribution < 1.29 is 23.8 Å². The lowest BCUT2D eigenvalue weighted by Gasteiger charge is -2.19. The molecule has 7 nitrogen and oxygen atoms in total. The van der Waals surface area contributed by atoms with Crippen LogP contribution in [0.1, 0.15) is 11.8 Å². The van der Waals surface area contributed by atoms with Gasteiger partial charge in [-0.3, -0.25) is 9.59 Å². The average molecular weight is 449 g/mol. The molecule has 5 rings (SSSR count). The van der Waals surface area contributed by atoms with Gasteiger partial charge in [-0.05, 0) is 42.6 Å². The topological polar surface area (TPSA) is 77.1 Å². The Kier molecular flexibility index (Phi) is 5.28. The van der Waals surface area contributed by atoms with Crippen molar-refractivity contribution in [3.63, 3.8) is 0 Å². The number of ether oxygens (including phenoxy) is 3. The Morgan fingerprint density at radius 3 is 2.62 bits per heavy atom. The maximum absolute atomic E-state index is 13.5. The number of nitrogens with one attached hydrogen (secondary N) is 1. The zero-order valence-corrected chi connectivity index (χ0v) is 18.1. The van der Waals surface area contributed by atoms with Crippen molar-refractivity contribution in [2.75, 3.05) is 30.0 Å². The summed E-state index contributed by atoms with van der Waals surface area (Å²) < 4.78 is 16.8. The first-order valence-corrected chi connectivity index (χ1v) is 11.1. The summed E-state index contributed by atoms with van der Waals surface area (Å²) in [6, 6.07) is 16.0. The van der Waals surface area contributed by atoms with Crippen molar-refractivity contribution in [3.05, 3.63) is 70.6 Å². The molecule has 2 aliphatic heterocycles. The van der Waals surface area contributed by atoms with Crippen LogP contribution in [0.25, 0.3) is 5.57 Å². The quantitative estimate of drug-likeness (QED) is 0.566.